The van der Waals surface area contributed by atoms with Crippen molar-refractivity contribution in [3.8, 4) is 11.5 Å². The minimum absolute atomic E-state index is 0.109. The number of hydrogen-bond acceptors (Lipinski definition) is 8. The van der Waals surface area contributed by atoms with E-state index in [2.05, 4.69) is 15.3 Å². The Morgan fingerprint density at radius 3 is 2.68 bits per heavy atom. The summed E-state index contributed by atoms with van der Waals surface area (Å²) in [6.07, 6.45) is 0.687. The molecule has 0 radical (unpaired) electrons. The van der Waals surface area contributed by atoms with E-state index < -0.39 is 0 Å². The van der Waals surface area contributed by atoms with Crippen molar-refractivity contribution in [2.24, 2.45) is 5.10 Å². The lowest BCUT2D eigenvalue weighted by molar-refractivity contribution is -0.130. The Balaban J connectivity index is 1.30. The highest BCUT2D eigenvalue weighted by Crippen LogP contribution is 2.36. The van der Waals surface area contributed by atoms with E-state index in [4.69, 9.17) is 4.42 Å². The van der Waals surface area contributed by atoms with E-state index >= 15 is 0 Å². The summed E-state index contributed by atoms with van der Waals surface area (Å²) in [7, 11) is 0. The van der Waals surface area contributed by atoms with Crippen molar-refractivity contribution >= 4 is 46.1 Å². The predicted molar refractivity (Wildman–Crippen MR) is 120 cm³/mol. The Morgan fingerprint density at radius 1 is 1.13 bits per heavy atom. The van der Waals surface area contributed by atoms with Crippen LogP contribution in [0.4, 0.5) is 4.39 Å². The monoisotopic (exact) mass is 470 g/mol. The fraction of sp³-hybridized carbons (Fsp3) is 0.143. The minimum Gasteiger partial charge on any atom is -0.411 e. The largest absolute Gasteiger partial charge is 0.411 e. The molecule has 1 aliphatic rings. The van der Waals surface area contributed by atoms with Gasteiger partial charge in [-0.1, -0.05) is 23.9 Å². The summed E-state index contributed by atoms with van der Waals surface area (Å²) in [5, 5.41) is 18.5. The van der Waals surface area contributed by atoms with Gasteiger partial charge in [-0.2, -0.15) is 5.10 Å². The van der Waals surface area contributed by atoms with Gasteiger partial charge in [0.05, 0.1) is 22.4 Å². The standard InChI is InChI=1S/C21H15FN4O2S3/c22-14-7-5-13(6-8-14)20-23-24-21(28-20)31-12-19(27)26-16(18-4-2-10-30-18)11-15(25-26)17-3-1-9-29-17/h1-10,16H,11-12H2. The highest BCUT2D eigenvalue weighted by Gasteiger charge is 2.34. The lowest BCUT2D eigenvalue weighted by atomic mass is 10.1. The summed E-state index contributed by atoms with van der Waals surface area (Å²) >= 11 is 4.40. The maximum Gasteiger partial charge on any atom is 0.277 e. The summed E-state index contributed by atoms with van der Waals surface area (Å²) < 4.78 is 18.7. The number of amides is 1. The van der Waals surface area contributed by atoms with Crippen LogP contribution >= 0.6 is 34.4 Å². The average Bonchev–Trinajstić information content (AvgIpc) is 3.58. The number of rotatable bonds is 6. The van der Waals surface area contributed by atoms with Crippen LogP contribution in [-0.4, -0.2) is 32.6 Å². The first-order valence-electron chi connectivity index (χ1n) is 9.36. The van der Waals surface area contributed by atoms with E-state index in [1.54, 1.807) is 39.8 Å². The van der Waals surface area contributed by atoms with E-state index in [0.29, 0.717) is 12.0 Å². The molecule has 4 heterocycles. The molecule has 1 atom stereocenters. The van der Waals surface area contributed by atoms with Crippen LogP contribution in [-0.2, 0) is 4.79 Å². The van der Waals surface area contributed by atoms with Gasteiger partial charge in [0.2, 0.25) is 5.89 Å². The number of thioether (sulfide) groups is 1. The number of hydrazone groups is 1. The molecule has 4 aromatic rings. The second-order valence-electron chi connectivity index (χ2n) is 6.67. The second-order valence-corrected chi connectivity index (χ2v) is 9.52. The third-order valence-corrected chi connectivity index (χ3v) is 7.36. The SMILES string of the molecule is O=C(CSc1nnc(-c2ccc(F)cc2)o1)N1N=C(c2cccs2)CC1c1cccs1. The fourth-order valence-corrected chi connectivity index (χ4v) is 5.35. The number of thiophene rings is 2. The normalized spacial score (nSPS) is 16.0. The van der Waals surface area contributed by atoms with E-state index in [1.165, 1.54) is 12.1 Å². The van der Waals surface area contributed by atoms with Crippen LogP contribution in [0.25, 0.3) is 11.5 Å². The van der Waals surface area contributed by atoms with Crippen LogP contribution in [0.5, 0.6) is 0 Å². The quantitative estimate of drug-likeness (QED) is 0.350. The third-order valence-electron chi connectivity index (χ3n) is 4.66. The molecule has 0 saturated heterocycles. The summed E-state index contributed by atoms with van der Waals surface area (Å²) in [5.41, 5.74) is 1.54. The zero-order chi connectivity index (χ0) is 21.2. The van der Waals surface area contributed by atoms with Crippen LogP contribution in [0, 0.1) is 5.82 Å². The van der Waals surface area contributed by atoms with Gasteiger partial charge in [-0.05, 0) is 47.2 Å². The van der Waals surface area contributed by atoms with Gasteiger partial charge in [0.1, 0.15) is 5.82 Å². The minimum atomic E-state index is -0.336. The molecule has 6 nitrogen and oxygen atoms in total. The summed E-state index contributed by atoms with van der Waals surface area (Å²) in [4.78, 5) is 15.2. The van der Waals surface area contributed by atoms with Gasteiger partial charge in [-0.25, -0.2) is 9.40 Å². The molecule has 0 spiro atoms. The number of hydrogen-bond donors (Lipinski definition) is 0. The van der Waals surface area contributed by atoms with E-state index in [0.717, 1.165) is 27.2 Å². The van der Waals surface area contributed by atoms with E-state index in [-0.39, 0.29) is 34.6 Å². The van der Waals surface area contributed by atoms with Gasteiger partial charge in [0, 0.05) is 16.9 Å². The van der Waals surface area contributed by atoms with Crippen molar-refractivity contribution in [1.82, 2.24) is 15.2 Å². The van der Waals surface area contributed by atoms with Crippen LogP contribution in [0.15, 0.2) is 74.0 Å². The Morgan fingerprint density at radius 2 is 1.94 bits per heavy atom. The molecule has 156 valence electrons. The topological polar surface area (TPSA) is 71.6 Å². The summed E-state index contributed by atoms with van der Waals surface area (Å²) in [6, 6.07) is 13.7. The molecule has 0 N–H and O–H groups in total. The van der Waals surface area contributed by atoms with Crippen molar-refractivity contribution in [3.63, 3.8) is 0 Å². The van der Waals surface area contributed by atoms with Gasteiger partial charge < -0.3 is 4.42 Å². The molecule has 0 saturated carbocycles. The molecule has 0 fully saturated rings. The average molecular weight is 471 g/mol. The van der Waals surface area contributed by atoms with E-state index in [9.17, 15) is 9.18 Å². The first-order chi connectivity index (χ1) is 15.2. The number of carbonyl (C=O) groups excluding carboxylic acids is 1. The molecule has 10 heteroatoms. The lowest BCUT2D eigenvalue weighted by Crippen LogP contribution is -2.28. The zero-order valence-corrected chi connectivity index (χ0v) is 18.4. The molecule has 3 aromatic heterocycles. The van der Waals surface area contributed by atoms with Crippen LogP contribution < -0.4 is 0 Å². The fourth-order valence-electron chi connectivity index (χ4n) is 3.20. The van der Waals surface area contributed by atoms with Gasteiger partial charge in [-0.15, -0.1) is 32.9 Å². The van der Waals surface area contributed by atoms with Crippen LogP contribution in [0.2, 0.25) is 0 Å². The van der Waals surface area contributed by atoms with Crippen molar-refractivity contribution in [3.05, 3.63) is 74.9 Å². The van der Waals surface area contributed by atoms with Gasteiger partial charge in [0.15, 0.2) is 0 Å². The lowest BCUT2D eigenvalue weighted by Gasteiger charge is -2.20. The molecule has 0 aliphatic carbocycles. The van der Waals surface area contributed by atoms with Gasteiger partial charge in [0.25, 0.3) is 11.1 Å². The van der Waals surface area contributed by atoms with Crippen molar-refractivity contribution in [1.29, 1.82) is 0 Å². The Bertz CT molecular complexity index is 1200. The number of aromatic nitrogens is 2. The van der Waals surface area contributed by atoms with Crippen LogP contribution in [0.3, 0.4) is 0 Å². The molecular weight excluding hydrogens is 455 g/mol. The number of carbonyl (C=O) groups is 1. The Labute approximate surface area is 189 Å². The molecular formula is C21H15FN4O2S3. The summed E-state index contributed by atoms with van der Waals surface area (Å²) in [6.45, 7) is 0. The third kappa shape index (κ3) is 4.32. The van der Waals surface area contributed by atoms with Crippen molar-refractivity contribution < 1.29 is 13.6 Å². The first-order valence-corrected chi connectivity index (χ1v) is 12.1. The molecule has 1 unspecified atom stereocenters. The molecule has 1 amide bonds. The molecule has 1 aliphatic heterocycles. The van der Waals surface area contributed by atoms with Crippen molar-refractivity contribution in [2.45, 2.75) is 17.7 Å². The zero-order valence-electron chi connectivity index (χ0n) is 16.0. The van der Waals surface area contributed by atoms with Crippen molar-refractivity contribution in [2.75, 3.05) is 5.75 Å². The maximum absolute atomic E-state index is 13.1. The highest BCUT2D eigenvalue weighted by molar-refractivity contribution is 7.99. The second kappa shape index (κ2) is 8.74. The Hall–Kier alpha value is -2.82. The predicted octanol–water partition coefficient (Wildman–Crippen LogP) is 5.47. The molecule has 5 rings (SSSR count). The van der Waals surface area contributed by atoms with Gasteiger partial charge >= 0.3 is 0 Å². The number of halogens is 1. The number of nitrogens with zero attached hydrogens (tertiary/aromatic N) is 4. The smallest absolute Gasteiger partial charge is 0.277 e. The molecule has 1 aromatic carbocycles. The summed E-state index contributed by atoms with van der Waals surface area (Å²) in [5.74, 6) is -0.0624. The molecule has 31 heavy (non-hydrogen) atoms. The number of benzene rings is 1. The van der Waals surface area contributed by atoms with Gasteiger partial charge in [-0.3, -0.25) is 4.79 Å². The Kier molecular flexibility index (Phi) is 5.66. The van der Waals surface area contributed by atoms with Crippen LogP contribution in [0.1, 0.15) is 22.2 Å². The highest BCUT2D eigenvalue weighted by atomic mass is 32.2. The maximum atomic E-state index is 13.1. The van der Waals surface area contributed by atoms with E-state index in [1.807, 2.05) is 35.0 Å². The first kappa shape index (κ1) is 20.1. The molecule has 0 bridgehead atoms.